The molecule has 0 spiro atoms. The molecule has 0 saturated carbocycles. The lowest BCUT2D eigenvalue weighted by molar-refractivity contribution is -0.114. The minimum absolute atomic E-state index is 0.112. The molecule has 0 aliphatic rings. The van der Waals surface area contributed by atoms with Gasteiger partial charge in [0.25, 0.3) is 0 Å². The Bertz CT molecular complexity index is 933. The number of hydrogen-bond donors (Lipinski definition) is 3. The van der Waals surface area contributed by atoms with Crippen LogP contribution in [-0.2, 0) is 11.2 Å². The quantitative estimate of drug-likeness (QED) is 0.556. The number of anilines is 3. The normalized spacial score (nSPS) is 10.4. The molecule has 0 saturated heterocycles. The average molecular weight is 379 g/mol. The zero-order valence-corrected chi connectivity index (χ0v) is 15.6. The van der Waals surface area contributed by atoms with Crippen LogP contribution in [0.1, 0.15) is 18.2 Å². The Balaban J connectivity index is 1.61. The van der Waals surface area contributed by atoms with Crippen molar-refractivity contribution in [2.45, 2.75) is 13.3 Å². The highest BCUT2D eigenvalue weighted by Crippen LogP contribution is 2.17. The van der Waals surface area contributed by atoms with Crippen LogP contribution in [0.25, 0.3) is 0 Å². The molecule has 0 radical (unpaired) electrons. The summed E-state index contributed by atoms with van der Waals surface area (Å²) in [6, 6.07) is 14.1. The Hall–Kier alpha value is -3.48. The number of amides is 1. The van der Waals surface area contributed by atoms with Crippen LogP contribution in [0.15, 0.2) is 60.9 Å². The van der Waals surface area contributed by atoms with Crippen LogP contribution in [0.5, 0.6) is 0 Å². The molecule has 0 aliphatic carbocycles. The monoisotopic (exact) mass is 379 g/mol. The summed E-state index contributed by atoms with van der Waals surface area (Å²) in [5.41, 5.74) is 2.70. The predicted molar refractivity (Wildman–Crippen MR) is 109 cm³/mol. The molecule has 1 amide bonds. The number of benzene rings is 1. The molecule has 3 aromatic rings. The van der Waals surface area contributed by atoms with Crippen molar-refractivity contribution in [2.75, 3.05) is 29.0 Å². The summed E-state index contributed by atoms with van der Waals surface area (Å²) in [4.78, 5) is 20.3. The van der Waals surface area contributed by atoms with Gasteiger partial charge >= 0.3 is 0 Å². The van der Waals surface area contributed by atoms with Gasteiger partial charge in [-0.2, -0.15) is 0 Å². The minimum Gasteiger partial charge on any atom is -0.376 e. The molecule has 0 atom stereocenters. The molecule has 0 unspecified atom stereocenters. The van der Waals surface area contributed by atoms with Gasteiger partial charge in [-0.05, 0) is 48.9 Å². The second-order valence-corrected chi connectivity index (χ2v) is 6.18. The Kier molecular flexibility index (Phi) is 6.51. The molecule has 144 valence electrons. The SMILES string of the molecule is CCNc1ccc(F)c(Cc2cccc(NCC(=O)Nc3cccnc3)c2)n1. The van der Waals surface area contributed by atoms with Crippen LogP contribution in [0.4, 0.5) is 21.6 Å². The Morgan fingerprint density at radius 3 is 2.71 bits per heavy atom. The van der Waals surface area contributed by atoms with Crippen LogP contribution in [-0.4, -0.2) is 29.0 Å². The van der Waals surface area contributed by atoms with E-state index in [-0.39, 0.29) is 18.3 Å². The van der Waals surface area contributed by atoms with Crippen LogP contribution >= 0.6 is 0 Å². The van der Waals surface area contributed by atoms with E-state index in [0.29, 0.717) is 23.6 Å². The van der Waals surface area contributed by atoms with Crippen molar-refractivity contribution in [3.8, 4) is 0 Å². The zero-order chi connectivity index (χ0) is 19.8. The zero-order valence-electron chi connectivity index (χ0n) is 15.6. The molecule has 2 heterocycles. The molecule has 6 nitrogen and oxygen atoms in total. The number of halogens is 1. The number of carbonyl (C=O) groups is 1. The maximum atomic E-state index is 14.1. The van der Waals surface area contributed by atoms with E-state index >= 15 is 0 Å². The molecule has 28 heavy (non-hydrogen) atoms. The van der Waals surface area contributed by atoms with Crippen molar-refractivity contribution < 1.29 is 9.18 Å². The molecule has 3 N–H and O–H groups in total. The van der Waals surface area contributed by atoms with Gasteiger partial charge in [0, 0.05) is 24.8 Å². The summed E-state index contributed by atoms with van der Waals surface area (Å²) >= 11 is 0. The van der Waals surface area contributed by atoms with Gasteiger partial charge in [-0.3, -0.25) is 9.78 Å². The summed E-state index contributed by atoms with van der Waals surface area (Å²) in [5.74, 6) is 0.139. The summed E-state index contributed by atoms with van der Waals surface area (Å²) < 4.78 is 14.1. The minimum atomic E-state index is -0.337. The number of nitrogens with zero attached hydrogens (tertiary/aromatic N) is 2. The summed E-state index contributed by atoms with van der Waals surface area (Å²) in [5, 5.41) is 8.93. The van der Waals surface area contributed by atoms with E-state index in [4.69, 9.17) is 0 Å². The molecule has 2 aromatic heterocycles. The second-order valence-electron chi connectivity index (χ2n) is 6.18. The fraction of sp³-hybridized carbons (Fsp3) is 0.190. The number of hydrogen-bond acceptors (Lipinski definition) is 5. The molecule has 7 heteroatoms. The van der Waals surface area contributed by atoms with Crippen LogP contribution in [0, 0.1) is 5.82 Å². The smallest absolute Gasteiger partial charge is 0.243 e. The number of nitrogens with one attached hydrogen (secondary N) is 3. The molecular formula is C21H22FN5O. The van der Waals surface area contributed by atoms with E-state index in [9.17, 15) is 9.18 Å². The molecule has 0 bridgehead atoms. The third-order valence-corrected chi connectivity index (χ3v) is 3.97. The number of carbonyl (C=O) groups excluding carboxylic acids is 1. The van der Waals surface area contributed by atoms with Crippen LogP contribution in [0.2, 0.25) is 0 Å². The van der Waals surface area contributed by atoms with Crippen molar-refractivity contribution >= 4 is 23.1 Å². The van der Waals surface area contributed by atoms with E-state index in [2.05, 4.69) is 25.9 Å². The fourth-order valence-electron chi connectivity index (χ4n) is 2.70. The Morgan fingerprint density at radius 2 is 1.93 bits per heavy atom. The van der Waals surface area contributed by atoms with Crippen LogP contribution in [0.3, 0.4) is 0 Å². The lowest BCUT2D eigenvalue weighted by Gasteiger charge is -2.10. The Labute approximate surface area is 163 Å². The lowest BCUT2D eigenvalue weighted by Crippen LogP contribution is -2.21. The van der Waals surface area contributed by atoms with E-state index in [1.54, 1.807) is 30.6 Å². The summed E-state index contributed by atoms with van der Waals surface area (Å²) in [6.07, 6.45) is 3.59. The maximum absolute atomic E-state index is 14.1. The Morgan fingerprint density at radius 1 is 1.07 bits per heavy atom. The topological polar surface area (TPSA) is 78.9 Å². The first kappa shape index (κ1) is 19.3. The van der Waals surface area contributed by atoms with Crippen molar-refractivity contribution in [3.05, 3.63) is 78.0 Å². The number of rotatable bonds is 8. The van der Waals surface area contributed by atoms with Gasteiger partial charge in [-0.25, -0.2) is 9.37 Å². The van der Waals surface area contributed by atoms with Crippen molar-refractivity contribution in [3.63, 3.8) is 0 Å². The van der Waals surface area contributed by atoms with Gasteiger partial charge in [-0.15, -0.1) is 0 Å². The maximum Gasteiger partial charge on any atom is 0.243 e. The summed E-state index contributed by atoms with van der Waals surface area (Å²) in [7, 11) is 0. The molecule has 1 aromatic carbocycles. The first-order valence-electron chi connectivity index (χ1n) is 9.06. The van der Waals surface area contributed by atoms with E-state index < -0.39 is 0 Å². The highest BCUT2D eigenvalue weighted by molar-refractivity contribution is 5.93. The predicted octanol–water partition coefficient (Wildman–Crippen LogP) is 3.69. The summed E-state index contributed by atoms with van der Waals surface area (Å²) in [6.45, 7) is 2.80. The van der Waals surface area contributed by atoms with Gasteiger partial charge < -0.3 is 16.0 Å². The van der Waals surface area contributed by atoms with Gasteiger partial charge in [-0.1, -0.05) is 12.1 Å². The van der Waals surface area contributed by atoms with E-state index in [1.165, 1.54) is 6.07 Å². The van der Waals surface area contributed by atoms with Crippen LogP contribution < -0.4 is 16.0 Å². The fourth-order valence-corrected chi connectivity index (χ4v) is 2.70. The first-order chi connectivity index (χ1) is 13.6. The van der Waals surface area contributed by atoms with Gasteiger partial charge in [0.1, 0.15) is 11.6 Å². The molecule has 0 aliphatic heterocycles. The number of aromatic nitrogens is 2. The first-order valence-corrected chi connectivity index (χ1v) is 9.06. The number of pyridine rings is 2. The third kappa shape index (κ3) is 5.51. The largest absolute Gasteiger partial charge is 0.376 e. The highest BCUT2D eigenvalue weighted by atomic mass is 19.1. The lowest BCUT2D eigenvalue weighted by atomic mass is 10.1. The second kappa shape index (κ2) is 9.45. The van der Waals surface area contributed by atoms with Crippen molar-refractivity contribution in [2.24, 2.45) is 0 Å². The molecular weight excluding hydrogens is 357 g/mol. The van der Waals surface area contributed by atoms with Crippen molar-refractivity contribution in [1.82, 2.24) is 9.97 Å². The molecule has 0 fully saturated rings. The highest BCUT2D eigenvalue weighted by Gasteiger charge is 2.08. The van der Waals surface area contributed by atoms with Crippen molar-refractivity contribution in [1.29, 1.82) is 0 Å². The van der Waals surface area contributed by atoms with Gasteiger partial charge in [0.05, 0.1) is 24.1 Å². The standard InChI is InChI=1S/C21H22FN5O/c1-2-24-20-9-8-18(22)19(27-20)12-15-5-3-6-16(11-15)25-14-21(28)26-17-7-4-10-23-13-17/h3-11,13,25H,2,12,14H2,1H3,(H,24,27)(H,26,28). The van der Waals surface area contributed by atoms with Gasteiger partial charge in [0.2, 0.25) is 5.91 Å². The van der Waals surface area contributed by atoms with E-state index in [1.807, 2.05) is 31.2 Å². The van der Waals surface area contributed by atoms with Gasteiger partial charge in [0.15, 0.2) is 0 Å². The average Bonchev–Trinajstić information content (AvgIpc) is 2.70. The molecule has 3 rings (SSSR count). The third-order valence-electron chi connectivity index (χ3n) is 3.97. The van der Waals surface area contributed by atoms with E-state index in [0.717, 1.165) is 17.8 Å².